The lowest BCUT2D eigenvalue weighted by molar-refractivity contribution is -0.258. The van der Waals surface area contributed by atoms with Gasteiger partial charge in [-0.25, -0.2) is 4.39 Å². The number of hydrogen-bond acceptors (Lipinski definition) is 8. The van der Waals surface area contributed by atoms with Crippen molar-refractivity contribution in [1.29, 1.82) is 0 Å². The predicted octanol–water partition coefficient (Wildman–Crippen LogP) is 14.3. The van der Waals surface area contributed by atoms with E-state index in [-0.39, 0.29) is 62.5 Å². The highest BCUT2D eigenvalue weighted by Gasteiger charge is 2.65. The van der Waals surface area contributed by atoms with Gasteiger partial charge in [-0.2, -0.15) is 0 Å². The molecule has 2 N–H and O–H groups in total. The highest BCUT2D eigenvalue weighted by Crippen LogP contribution is 2.62. The number of carbonyl (C=O) groups excluding carboxylic acids is 1. The fourth-order valence-corrected chi connectivity index (χ4v) is 12.0. The molecule has 5 aromatic carbocycles. The van der Waals surface area contributed by atoms with E-state index in [0.29, 0.717) is 49.3 Å². The number of nitrogens with zero attached hydrogens (tertiary/aromatic N) is 2. The van der Waals surface area contributed by atoms with E-state index in [1.165, 1.54) is 44.6 Å². The number of oxime groups is 1. The molecular weight excluding hydrogens is 928 g/mol. The zero-order chi connectivity index (χ0) is 51.5. The molecule has 0 spiro atoms. The Labute approximate surface area is 439 Å². The van der Waals surface area contributed by atoms with Crippen LogP contribution in [-0.4, -0.2) is 58.4 Å². The Morgan fingerprint density at radius 1 is 0.797 bits per heavy atom. The van der Waals surface area contributed by atoms with Gasteiger partial charge in [0.05, 0.1) is 18.2 Å². The van der Waals surface area contributed by atoms with E-state index < -0.39 is 17.7 Å². The Balaban J connectivity index is 1.28. The molecule has 1 heterocycles. The maximum absolute atomic E-state index is 15.6. The first-order chi connectivity index (χ1) is 36.4. The number of allylic oxidation sites excluding steroid dienone is 1. The number of ether oxygens (including phenoxy) is 3. The van der Waals surface area contributed by atoms with Crippen LogP contribution in [0.4, 0.5) is 4.39 Å². The minimum atomic E-state index is -1.42. The van der Waals surface area contributed by atoms with Crippen LogP contribution in [0.1, 0.15) is 144 Å². The van der Waals surface area contributed by atoms with E-state index in [1.54, 1.807) is 18.2 Å². The van der Waals surface area contributed by atoms with Gasteiger partial charge >= 0.3 is 0 Å². The molecule has 10 heteroatoms. The van der Waals surface area contributed by atoms with Gasteiger partial charge in [-0.05, 0) is 95.7 Å². The average Bonchev–Trinajstić information content (AvgIpc) is 3.44. The first kappa shape index (κ1) is 54.5. The molecule has 0 unspecified atom stereocenters. The van der Waals surface area contributed by atoms with E-state index >= 15 is 4.79 Å². The molecule has 74 heavy (non-hydrogen) atoms. The van der Waals surface area contributed by atoms with Gasteiger partial charge in [-0.15, -0.1) is 6.58 Å². The summed E-state index contributed by atoms with van der Waals surface area (Å²) in [6.45, 7) is 7.36. The van der Waals surface area contributed by atoms with Crippen LogP contribution >= 0.6 is 0 Å². The Morgan fingerprint density at radius 3 is 2.27 bits per heavy atom. The lowest BCUT2D eigenvalue weighted by Gasteiger charge is -2.60. The van der Waals surface area contributed by atoms with Crippen molar-refractivity contribution in [1.82, 2.24) is 4.90 Å². The van der Waals surface area contributed by atoms with Crippen LogP contribution < -0.4 is 9.47 Å². The zero-order valence-corrected chi connectivity index (χ0v) is 43.7. The number of aliphatic hydroxyl groups excluding tert-OH is 2. The number of rotatable bonds is 30. The van der Waals surface area contributed by atoms with Crippen molar-refractivity contribution in [2.45, 2.75) is 154 Å². The molecule has 0 saturated heterocycles. The second kappa shape index (κ2) is 27.6. The molecule has 394 valence electrons. The van der Waals surface area contributed by atoms with Gasteiger partial charge in [0.2, 0.25) is 11.7 Å². The SMILES string of the molecule is C=CCO[C@@]12Oc3ccc(OCc4ccccc4F)cc3[C@H]3[C@H](CCCCO)[C@@H](CCCCO)C=C(C(=NOCc4ccccc4)C[C@@H]1N(Cc1cccc4ccccc14)C(=O)CCCCCCCCCCC)[C@H]32. The standard InChI is InChI=1S/C64H79FN2O7/c1-3-5-6-7-8-9-10-11-15-35-61(70)67(44-50-31-24-30-48-27-16-18-32-53(48)50)60-43-58(66-73-45-47-25-13-12-14-26-47)55-41-49(28-20-22-38-68)54(33-21-23-39-69)62-56-42-52(71-46-51-29-17-19-34-57(51)65)36-37-59(56)74-64(60,63(55)62)72-40-4-2/h4,12-14,16-19,24-27,29-32,34,36-37,41-42,49,54,60,62-63,68-69H,2-3,5-11,15,20-23,28,33,35,38-40,43-46H2,1H3/t49-,54+,60-,62+,63+,64+/m0/s1. The van der Waals surface area contributed by atoms with Crippen LogP contribution in [0.3, 0.4) is 0 Å². The summed E-state index contributed by atoms with van der Waals surface area (Å²) in [4.78, 5) is 24.0. The average molecular weight is 1010 g/mol. The van der Waals surface area contributed by atoms with Crippen molar-refractivity contribution in [2.75, 3.05) is 19.8 Å². The van der Waals surface area contributed by atoms with E-state index in [2.05, 4.69) is 62.0 Å². The van der Waals surface area contributed by atoms with Gasteiger partial charge in [0.1, 0.15) is 36.6 Å². The minimum Gasteiger partial charge on any atom is -0.489 e. The molecule has 1 saturated carbocycles. The number of benzene rings is 5. The molecule has 8 rings (SSSR count). The van der Waals surface area contributed by atoms with E-state index in [1.807, 2.05) is 59.5 Å². The molecule has 1 aliphatic heterocycles. The van der Waals surface area contributed by atoms with Crippen LogP contribution in [-0.2, 0) is 34.1 Å². The molecule has 5 aromatic rings. The van der Waals surface area contributed by atoms with E-state index in [4.69, 9.17) is 24.2 Å². The van der Waals surface area contributed by atoms with Gasteiger partial charge in [-0.1, -0.05) is 179 Å². The lowest BCUT2D eigenvalue weighted by atomic mass is 9.55. The Bertz CT molecular complexity index is 2630. The predicted molar refractivity (Wildman–Crippen MR) is 293 cm³/mol. The second-order valence-electron chi connectivity index (χ2n) is 20.7. The molecule has 2 aliphatic carbocycles. The number of carbonyl (C=O) groups is 1. The van der Waals surface area contributed by atoms with Gasteiger partial charge in [0, 0.05) is 49.6 Å². The first-order valence-corrected chi connectivity index (χ1v) is 27.8. The van der Waals surface area contributed by atoms with Crippen molar-refractivity contribution in [3.8, 4) is 11.5 Å². The normalized spacial score (nSPS) is 21.3. The van der Waals surface area contributed by atoms with Crippen molar-refractivity contribution >= 4 is 22.4 Å². The number of aliphatic hydroxyl groups is 2. The number of fused-ring (bicyclic) bond motifs is 3. The number of amides is 1. The summed E-state index contributed by atoms with van der Waals surface area (Å²) < 4.78 is 36.4. The summed E-state index contributed by atoms with van der Waals surface area (Å²) in [5.41, 5.74) is 5.13. The Hall–Kier alpha value is -5.81. The number of hydrogen-bond donors (Lipinski definition) is 2. The number of halogens is 1. The maximum Gasteiger partial charge on any atom is 0.239 e. The van der Waals surface area contributed by atoms with Gasteiger partial charge in [-0.3, -0.25) is 4.79 Å². The van der Waals surface area contributed by atoms with Crippen LogP contribution in [0.2, 0.25) is 0 Å². The van der Waals surface area contributed by atoms with Crippen molar-refractivity contribution < 1.29 is 38.4 Å². The summed E-state index contributed by atoms with van der Waals surface area (Å²) in [5.74, 6) is -1.15. The lowest BCUT2D eigenvalue weighted by Crippen LogP contribution is -2.70. The molecule has 9 nitrogen and oxygen atoms in total. The molecule has 6 atom stereocenters. The van der Waals surface area contributed by atoms with Crippen molar-refractivity contribution in [3.05, 3.63) is 168 Å². The molecule has 1 fully saturated rings. The fraction of sp³-hybridized carbons (Fsp3) is 0.469. The van der Waals surface area contributed by atoms with Crippen LogP contribution in [0.25, 0.3) is 10.8 Å². The molecule has 1 amide bonds. The maximum atomic E-state index is 15.6. The summed E-state index contributed by atoms with van der Waals surface area (Å²) in [6, 6.07) is 36.6. The smallest absolute Gasteiger partial charge is 0.239 e. The van der Waals surface area contributed by atoms with E-state index in [9.17, 15) is 14.6 Å². The Kier molecular flexibility index (Phi) is 20.3. The Morgan fingerprint density at radius 2 is 1.50 bits per heavy atom. The van der Waals surface area contributed by atoms with Crippen LogP contribution in [0.5, 0.6) is 11.5 Å². The second-order valence-corrected chi connectivity index (χ2v) is 20.7. The third-order valence-corrected chi connectivity index (χ3v) is 15.7. The molecule has 3 aliphatic rings. The van der Waals surface area contributed by atoms with Crippen molar-refractivity contribution in [3.63, 3.8) is 0 Å². The topological polar surface area (TPSA) is 110 Å². The van der Waals surface area contributed by atoms with Crippen LogP contribution in [0, 0.1) is 23.6 Å². The third kappa shape index (κ3) is 13.3. The summed E-state index contributed by atoms with van der Waals surface area (Å²) >= 11 is 0. The largest absolute Gasteiger partial charge is 0.489 e. The highest BCUT2D eigenvalue weighted by molar-refractivity contribution is 6.03. The summed E-state index contributed by atoms with van der Waals surface area (Å²) in [7, 11) is 0. The minimum absolute atomic E-state index is 0.0274. The summed E-state index contributed by atoms with van der Waals surface area (Å²) in [6.07, 6.45) is 19.6. The third-order valence-electron chi connectivity index (χ3n) is 15.7. The van der Waals surface area contributed by atoms with Gasteiger partial charge in [0.15, 0.2) is 0 Å². The highest BCUT2D eigenvalue weighted by atomic mass is 19.1. The van der Waals surface area contributed by atoms with E-state index in [0.717, 1.165) is 83.7 Å². The van der Waals surface area contributed by atoms with Crippen molar-refractivity contribution in [2.24, 2.45) is 22.9 Å². The molecule has 0 aromatic heterocycles. The zero-order valence-electron chi connectivity index (χ0n) is 43.7. The van der Waals surface area contributed by atoms with Gasteiger partial charge in [0.25, 0.3) is 0 Å². The molecule has 0 bridgehead atoms. The summed E-state index contributed by atoms with van der Waals surface area (Å²) in [5, 5.41) is 27.5. The fourth-order valence-electron chi connectivity index (χ4n) is 12.0. The first-order valence-electron chi connectivity index (χ1n) is 27.8. The van der Waals surface area contributed by atoms with Gasteiger partial charge < -0.3 is 34.2 Å². The quantitative estimate of drug-likeness (QED) is 0.0268. The molecule has 0 radical (unpaired) electrons. The molecular formula is C64H79FN2O7. The van der Waals surface area contributed by atoms with Crippen LogP contribution in [0.15, 0.2) is 145 Å². The number of unbranched alkanes of at least 4 members (excludes halogenated alkanes) is 10. The monoisotopic (exact) mass is 1010 g/mol.